The summed E-state index contributed by atoms with van der Waals surface area (Å²) >= 11 is 1.14. The summed E-state index contributed by atoms with van der Waals surface area (Å²) in [7, 11) is 0. The van der Waals surface area contributed by atoms with Crippen molar-refractivity contribution in [3.8, 4) is 5.75 Å². The number of para-hydroxylation sites is 1. The number of benzene rings is 3. The fraction of sp³-hybridized carbons (Fsp3) is 0.258. The predicted octanol–water partition coefficient (Wildman–Crippen LogP) is 5.93. The fourth-order valence-corrected chi connectivity index (χ4v) is 5.21. The minimum atomic E-state index is -1.05. The van der Waals surface area contributed by atoms with Gasteiger partial charge < -0.3 is 15.2 Å². The van der Waals surface area contributed by atoms with Crippen molar-refractivity contribution in [2.75, 3.05) is 5.75 Å². The van der Waals surface area contributed by atoms with Crippen LogP contribution in [0.15, 0.2) is 85.1 Å². The number of carbonyl (C=O) groups is 3. The van der Waals surface area contributed by atoms with Gasteiger partial charge in [0.25, 0.3) is 0 Å². The summed E-state index contributed by atoms with van der Waals surface area (Å²) in [4.78, 5) is 36.6. The highest BCUT2D eigenvalue weighted by molar-refractivity contribution is 8.13. The van der Waals surface area contributed by atoms with Crippen molar-refractivity contribution in [2.24, 2.45) is 5.92 Å². The number of nitrogens with zero attached hydrogens (tertiary/aromatic N) is 1. The normalized spacial score (nSPS) is 12.6. The van der Waals surface area contributed by atoms with E-state index in [0.717, 1.165) is 39.6 Å². The van der Waals surface area contributed by atoms with E-state index in [0.29, 0.717) is 30.7 Å². The van der Waals surface area contributed by atoms with Crippen molar-refractivity contribution < 1.29 is 24.2 Å². The molecule has 0 radical (unpaired) electrons. The standard InChI is InChI=1S/C31H32N2O5S/c1-21(16-25-18-33(31(36)37)29-11-7-6-10-28(25)29)32-30(35)26(20-39-22(2)34)17-23-12-14-27(15-13-23)38-19-24-8-4-3-5-9-24/h3-15,18,21,26H,16-17,19-20H2,1-2H3,(H,32,35)(H,36,37)/t21-,26?/m1/s1. The molecule has 4 rings (SSSR count). The zero-order valence-electron chi connectivity index (χ0n) is 22.0. The van der Waals surface area contributed by atoms with Gasteiger partial charge in [-0.25, -0.2) is 4.79 Å². The van der Waals surface area contributed by atoms with Crippen LogP contribution < -0.4 is 10.1 Å². The molecule has 2 N–H and O–H groups in total. The van der Waals surface area contributed by atoms with E-state index in [1.165, 1.54) is 11.5 Å². The highest BCUT2D eigenvalue weighted by Gasteiger charge is 2.23. The molecule has 0 saturated heterocycles. The summed E-state index contributed by atoms with van der Waals surface area (Å²) in [6, 6.07) is 24.7. The lowest BCUT2D eigenvalue weighted by molar-refractivity contribution is -0.124. The van der Waals surface area contributed by atoms with E-state index in [2.05, 4.69) is 5.32 Å². The molecule has 0 aliphatic rings. The molecule has 0 fully saturated rings. The van der Waals surface area contributed by atoms with Gasteiger partial charge in [-0.15, -0.1) is 0 Å². The maximum absolute atomic E-state index is 13.3. The number of hydrogen-bond acceptors (Lipinski definition) is 5. The van der Waals surface area contributed by atoms with Crippen LogP contribution in [0.5, 0.6) is 5.75 Å². The van der Waals surface area contributed by atoms with Crippen LogP contribution in [0.3, 0.4) is 0 Å². The van der Waals surface area contributed by atoms with Crippen molar-refractivity contribution >= 4 is 39.8 Å². The summed E-state index contributed by atoms with van der Waals surface area (Å²) in [5.41, 5.74) is 3.52. The average Bonchev–Trinajstić information content (AvgIpc) is 3.29. The summed E-state index contributed by atoms with van der Waals surface area (Å²) < 4.78 is 7.08. The maximum atomic E-state index is 13.3. The molecule has 1 aromatic heterocycles. The molecule has 1 unspecified atom stereocenters. The van der Waals surface area contributed by atoms with Crippen LogP contribution in [0.25, 0.3) is 10.9 Å². The lowest BCUT2D eigenvalue weighted by Gasteiger charge is -2.20. The molecule has 4 aromatic rings. The Bertz CT molecular complexity index is 1430. The SMILES string of the molecule is CC(=O)SCC(Cc1ccc(OCc2ccccc2)cc1)C(=O)N[C@H](C)Cc1cn(C(=O)O)c2ccccc12. The number of aromatic nitrogens is 1. The van der Waals surface area contributed by atoms with Gasteiger partial charge in [-0.2, -0.15) is 0 Å². The van der Waals surface area contributed by atoms with Crippen LogP contribution in [0, 0.1) is 5.92 Å². The molecule has 0 saturated carbocycles. The van der Waals surface area contributed by atoms with E-state index in [-0.39, 0.29) is 17.1 Å². The number of carbonyl (C=O) groups excluding carboxylic acids is 2. The Kier molecular flexibility index (Phi) is 9.44. The van der Waals surface area contributed by atoms with Gasteiger partial charge in [-0.05, 0) is 54.7 Å². The van der Waals surface area contributed by atoms with Crippen molar-refractivity contribution in [1.29, 1.82) is 0 Å². The highest BCUT2D eigenvalue weighted by atomic mass is 32.2. The topological polar surface area (TPSA) is 97.6 Å². The second-order valence-corrected chi connectivity index (χ2v) is 10.8. The van der Waals surface area contributed by atoms with Gasteiger partial charge in [0.15, 0.2) is 5.12 Å². The molecule has 2 atom stereocenters. The Morgan fingerprint density at radius 1 is 0.923 bits per heavy atom. The Morgan fingerprint density at radius 2 is 1.62 bits per heavy atom. The predicted molar refractivity (Wildman–Crippen MR) is 154 cm³/mol. The van der Waals surface area contributed by atoms with Crippen LogP contribution >= 0.6 is 11.8 Å². The number of ether oxygens (including phenoxy) is 1. The van der Waals surface area contributed by atoms with Crippen molar-refractivity contribution in [3.63, 3.8) is 0 Å². The Balaban J connectivity index is 1.40. The number of hydrogen-bond donors (Lipinski definition) is 2. The van der Waals surface area contributed by atoms with Gasteiger partial charge in [0.05, 0.1) is 11.4 Å². The van der Waals surface area contributed by atoms with Crippen LogP contribution in [0.2, 0.25) is 0 Å². The lowest BCUT2D eigenvalue weighted by Crippen LogP contribution is -2.40. The number of nitrogens with one attached hydrogen (secondary N) is 1. The smallest absolute Gasteiger partial charge is 0.416 e. The van der Waals surface area contributed by atoms with E-state index in [1.807, 2.05) is 73.7 Å². The molecule has 7 nitrogen and oxygen atoms in total. The maximum Gasteiger partial charge on any atom is 0.416 e. The first kappa shape index (κ1) is 28.0. The van der Waals surface area contributed by atoms with Gasteiger partial charge >= 0.3 is 6.09 Å². The average molecular weight is 545 g/mol. The number of amides is 1. The van der Waals surface area contributed by atoms with Gasteiger partial charge in [-0.3, -0.25) is 14.2 Å². The Morgan fingerprint density at radius 3 is 2.31 bits per heavy atom. The van der Waals surface area contributed by atoms with E-state index >= 15 is 0 Å². The zero-order valence-corrected chi connectivity index (χ0v) is 22.8. The Hall–Kier alpha value is -4.04. The fourth-order valence-electron chi connectivity index (χ4n) is 4.51. The van der Waals surface area contributed by atoms with E-state index in [4.69, 9.17) is 4.74 Å². The van der Waals surface area contributed by atoms with E-state index in [1.54, 1.807) is 18.3 Å². The van der Waals surface area contributed by atoms with E-state index in [9.17, 15) is 19.5 Å². The lowest BCUT2D eigenvalue weighted by atomic mass is 9.99. The third kappa shape index (κ3) is 7.74. The molecule has 39 heavy (non-hydrogen) atoms. The quantitative estimate of drug-likeness (QED) is 0.243. The second kappa shape index (κ2) is 13.2. The summed E-state index contributed by atoms with van der Waals surface area (Å²) in [6.07, 6.45) is 1.52. The molecule has 8 heteroatoms. The van der Waals surface area contributed by atoms with Crippen LogP contribution in [0.4, 0.5) is 4.79 Å². The largest absolute Gasteiger partial charge is 0.489 e. The molecular weight excluding hydrogens is 512 g/mol. The van der Waals surface area contributed by atoms with E-state index < -0.39 is 12.0 Å². The molecule has 1 amide bonds. The number of carboxylic acid groups (broad SMARTS) is 1. The second-order valence-electron chi connectivity index (χ2n) is 9.56. The molecule has 1 heterocycles. The van der Waals surface area contributed by atoms with Gasteiger partial charge in [0.2, 0.25) is 5.91 Å². The summed E-state index contributed by atoms with van der Waals surface area (Å²) in [6.45, 7) is 3.88. The molecule has 0 spiro atoms. The van der Waals surface area contributed by atoms with Gasteiger partial charge in [-0.1, -0.05) is 72.4 Å². The minimum Gasteiger partial charge on any atom is -0.489 e. The molecule has 0 aliphatic carbocycles. The monoisotopic (exact) mass is 544 g/mol. The van der Waals surface area contributed by atoms with Gasteiger partial charge in [0.1, 0.15) is 12.4 Å². The molecular formula is C31H32N2O5S. The molecule has 0 aliphatic heterocycles. The van der Waals surface area contributed by atoms with Crippen molar-refractivity contribution in [2.45, 2.75) is 39.3 Å². The zero-order chi connectivity index (χ0) is 27.8. The number of rotatable bonds is 11. The third-order valence-electron chi connectivity index (χ3n) is 6.43. The van der Waals surface area contributed by atoms with Crippen LogP contribution in [-0.2, 0) is 29.0 Å². The van der Waals surface area contributed by atoms with Crippen LogP contribution in [0.1, 0.15) is 30.5 Å². The first-order chi connectivity index (χ1) is 18.8. The first-order valence-corrected chi connectivity index (χ1v) is 13.8. The number of fused-ring (bicyclic) bond motifs is 1. The van der Waals surface area contributed by atoms with Crippen LogP contribution in [-0.4, -0.2) is 38.6 Å². The molecule has 3 aromatic carbocycles. The first-order valence-electron chi connectivity index (χ1n) is 12.8. The van der Waals surface area contributed by atoms with Crippen molar-refractivity contribution in [1.82, 2.24) is 9.88 Å². The summed E-state index contributed by atoms with van der Waals surface area (Å²) in [5, 5.41) is 13.4. The summed E-state index contributed by atoms with van der Waals surface area (Å²) in [5.74, 6) is 0.578. The minimum absolute atomic E-state index is 0.0352. The highest BCUT2D eigenvalue weighted by Crippen LogP contribution is 2.23. The molecule has 0 bridgehead atoms. The van der Waals surface area contributed by atoms with Gasteiger partial charge in [0, 0.05) is 30.3 Å². The third-order valence-corrected chi connectivity index (χ3v) is 7.40. The number of thioether (sulfide) groups is 1. The van der Waals surface area contributed by atoms with Crippen molar-refractivity contribution in [3.05, 3.63) is 102 Å². The molecule has 202 valence electrons. The Labute approximate surface area is 232 Å².